The second-order valence-electron chi connectivity index (χ2n) is 9.41. The lowest BCUT2D eigenvalue weighted by atomic mass is 9.85. The highest BCUT2D eigenvalue weighted by molar-refractivity contribution is 5.76. The largest absolute Gasteiger partial charge is 0.491 e. The van der Waals surface area contributed by atoms with Crippen molar-refractivity contribution < 1.29 is 13.9 Å². The number of carbonyl (C=O) groups excluding carboxylic acids is 1. The molecular formula is C29H37NO3. The minimum atomic E-state index is 0.0818. The van der Waals surface area contributed by atoms with Gasteiger partial charge in [0.1, 0.15) is 11.5 Å². The van der Waals surface area contributed by atoms with E-state index in [4.69, 9.17) is 9.15 Å². The summed E-state index contributed by atoms with van der Waals surface area (Å²) >= 11 is 0. The van der Waals surface area contributed by atoms with E-state index in [1.807, 2.05) is 38.1 Å². The van der Waals surface area contributed by atoms with E-state index in [1.165, 1.54) is 16.7 Å². The Morgan fingerprint density at radius 1 is 0.939 bits per heavy atom. The maximum absolute atomic E-state index is 12.8. The van der Waals surface area contributed by atoms with Gasteiger partial charge in [0.05, 0.1) is 12.4 Å². The number of hydrogen-bond donors (Lipinski definition) is 1. The molecule has 1 heterocycles. The van der Waals surface area contributed by atoms with Crippen LogP contribution in [0.2, 0.25) is 0 Å². The van der Waals surface area contributed by atoms with Crippen molar-refractivity contribution in [2.24, 2.45) is 5.92 Å². The molecule has 0 unspecified atom stereocenters. The summed E-state index contributed by atoms with van der Waals surface area (Å²) in [4.78, 5) is 12.8. The first-order valence-electron chi connectivity index (χ1n) is 12.0. The number of furan rings is 1. The third-order valence-electron chi connectivity index (χ3n) is 6.01. The maximum atomic E-state index is 12.8. The van der Waals surface area contributed by atoms with Crippen molar-refractivity contribution in [3.63, 3.8) is 0 Å². The average Bonchev–Trinajstić information content (AvgIpc) is 3.30. The SMILES string of the molecule is Cc1ccc([C@@H](CCNC(=O)C[C@@H](c2ccc(OC(C)C)cc2)C(C)C)c2ccco2)cc1. The molecule has 3 rings (SSSR count). The summed E-state index contributed by atoms with van der Waals surface area (Å²) in [5.74, 6) is 2.51. The first-order valence-corrected chi connectivity index (χ1v) is 12.0. The Bertz CT molecular complexity index is 973. The standard InChI is InChI=1S/C29H37NO3/c1-20(2)27(24-12-14-25(15-13-24)33-21(3)4)19-29(31)30-17-16-26(28-7-6-18-32-28)23-10-8-22(5)9-11-23/h6-15,18,20-21,26-27H,16-17,19H2,1-5H3,(H,30,31)/t26-,27-/m1/s1. The van der Waals surface area contributed by atoms with Crippen LogP contribution in [0, 0.1) is 12.8 Å². The average molecular weight is 448 g/mol. The van der Waals surface area contributed by atoms with Crippen molar-refractivity contribution in [2.45, 2.75) is 65.4 Å². The monoisotopic (exact) mass is 447 g/mol. The first kappa shape index (κ1) is 24.6. The predicted molar refractivity (Wildman–Crippen MR) is 134 cm³/mol. The van der Waals surface area contributed by atoms with Crippen molar-refractivity contribution in [1.82, 2.24) is 5.32 Å². The second-order valence-corrected chi connectivity index (χ2v) is 9.41. The number of ether oxygens (including phenoxy) is 1. The van der Waals surface area contributed by atoms with E-state index < -0.39 is 0 Å². The van der Waals surface area contributed by atoms with Crippen LogP contribution in [-0.2, 0) is 4.79 Å². The van der Waals surface area contributed by atoms with E-state index in [1.54, 1.807) is 6.26 Å². The Labute approximate surface area is 198 Å². The minimum Gasteiger partial charge on any atom is -0.491 e. The molecule has 2 aromatic carbocycles. The molecule has 1 N–H and O–H groups in total. The number of rotatable bonds is 11. The van der Waals surface area contributed by atoms with E-state index in [-0.39, 0.29) is 23.8 Å². The van der Waals surface area contributed by atoms with E-state index in [0.717, 1.165) is 17.9 Å². The fourth-order valence-corrected chi connectivity index (χ4v) is 4.19. The Kier molecular flexibility index (Phi) is 8.76. The van der Waals surface area contributed by atoms with Crippen LogP contribution in [-0.4, -0.2) is 18.6 Å². The van der Waals surface area contributed by atoms with Gasteiger partial charge in [-0.15, -0.1) is 0 Å². The molecule has 0 bridgehead atoms. The van der Waals surface area contributed by atoms with Gasteiger partial charge in [-0.3, -0.25) is 4.79 Å². The maximum Gasteiger partial charge on any atom is 0.220 e. The summed E-state index contributed by atoms with van der Waals surface area (Å²) in [5.41, 5.74) is 3.60. The molecule has 2 atom stereocenters. The van der Waals surface area contributed by atoms with Crippen LogP contribution in [0.4, 0.5) is 0 Å². The Morgan fingerprint density at radius 2 is 1.61 bits per heavy atom. The van der Waals surface area contributed by atoms with Gasteiger partial charge in [-0.2, -0.15) is 0 Å². The minimum absolute atomic E-state index is 0.0818. The van der Waals surface area contributed by atoms with Crippen LogP contribution < -0.4 is 10.1 Å². The Balaban J connectivity index is 1.59. The lowest BCUT2D eigenvalue weighted by molar-refractivity contribution is -0.121. The van der Waals surface area contributed by atoms with Crippen LogP contribution in [0.5, 0.6) is 5.75 Å². The van der Waals surface area contributed by atoms with Gasteiger partial charge in [0.25, 0.3) is 0 Å². The third-order valence-corrected chi connectivity index (χ3v) is 6.01. The quantitative estimate of drug-likeness (QED) is 0.350. The van der Waals surface area contributed by atoms with Crippen molar-refractivity contribution in [3.05, 3.63) is 89.4 Å². The zero-order valence-electron chi connectivity index (χ0n) is 20.5. The molecule has 0 fully saturated rings. The van der Waals surface area contributed by atoms with Crippen LogP contribution in [0.25, 0.3) is 0 Å². The summed E-state index contributed by atoms with van der Waals surface area (Å²) in [7, 11) is 0. The molecule has 4 heteroatoms. The lowest BCUT2D eigenvalue weighted by Gasteiger charge is -2.22. The molecule has 1 amide bonds. The van der Waals surface area contributed by atoms with Crippen LogP contribution >= 0.6 is 0 Å². The predicted octanol–water partition coefficient (Wildman–Crippen LogP) is 6.84. The Hall–Kier alpha value is -3.01. The fraction of sp³-hybridized carbons (Fsp3) is 0.414. The van der Waals surface area contributed by atoms with Gasteiger partial charge < -0.3 is 14.5 Å². The molecule has 33 heavy (non-hydrogen) atoms. The molecule has 0 aliphatic rings. The van der Waals surface area contributed by atoms with Gasteiger partial charge in [-0.1, -0.05) is 55.8 Å². The van der Waals surface area contributed by atoms with Gasteiger partial charge in [0.15, 0.2) is 0 Å². The normalized spacial score (nSPS) is 13.2. The first-order chi connectivity index (χ1) is 15.8. The lowest BCUT2D eigenvalue weighted by Crippen LogP contribution is -2.28. The van der Waals surface area contributed by atoms with E-state index >= 15 is 0 Å². The van der Waals surface area contributed by atoms with Crippen LogP contribution in [0.15, 0.2) is 71.3 Å². The van der Waals surface area contributed by atoms with Crippen LogP contribution in [0.3, 0.4) is 0 Å². The molecule has 0 saturated carbocycles. The van der Waals surface area contributed by atoms with Crippen molar-refractivity contribution in [2.75, 3.05) is 6.54 Å². The summed E-state index contributed by atoms with van der Waals surface area (Å²) in [6.45, 7) is 11.1. The smallest absolute Gasteiger partial charge is 0.220 e. The molecule has 4 nitrogen and oxygen atoms in total. The molecule has 0 aliphatic carbocycles. The molecule has 0 saturated heterocycles. The molecule has 0 radical (unpaired) electrons. The molecule has 176 valence electrons. The number of carbonyl (C=O) groups is 1. The van der Waals surface area contributed by atoms with Gasteiger partial charge >= 0.3 is 0 Å². The molecule has 1 aromatic heterocycles. The van der Waals surface area contributed by atoms with Crippen molar-refractivity contribution in [1.29, 1.82) is 0 Å². The topological polar surface area (TPSA) is 51.5 Å². The zero-order chi connectivity index (χ0) is 23.8. The van der Waals surface area contributed by atoms with Crippen molar-refractivity contribution in [3.8, 4) is 5.75 Å². The molecule has 3 aromatic rings. The highest BCUT2D eigenvalue weighted by atomic mass is 16.5. The van der Waals surface area contributed by atoms with E-state index in [0.29, 0.717) is 18.9 Å². The van der Waals surface area contributed by atoms with E-state index in [2.05, 4.69) is 62.5 Å². The molecular weight excluding hydrogens is 410 g/mol. The summed E-state index contributed by atoms with van der Waals surface area (Å²) in [6.07, 6.45) is 3.11. The Morgan fingerprint density at radius 3 is 2.18 bits per heavy atom. The fourth-order valence-electron chi connectivity index (χ4n) is 4.19. The van der Waals surface area contributed by atoms with Gasteiger partial charge in [0, 0.05) is 18.9 Å². The zero-order valence-corrected chi connectivity index (χ0v) is 20.5. The van der Waals surface area contributed by atoms with Crippen LogP contribution in [0.1, 0.15) is 74.8 Å². The van der Waals surface area contributed by atoms with Gasteiger partial charge in [0.2, 0.25) is 5.91 Å². The van der Waals surface area contributed by atoms with Gasteiger partial charge in [-0.05, 0) is 74.4 Å². The number of benzene rings is 2. The number of aryl methyl sites for hydroxylation is 1. The molecule has 0 aliphatic heterocycles. The molecule has 0 spiro atoms. The third kappa shape index (κ3) is 7.24. The highest BCUT2D eigenvalue weighted by Gasteiger charge is 2.21. The highest BCUT2D eigenvalue weighted by Crippen LogP contribution is 2.30. The van der Waals surface area contributed by atoms with E-state index in [9.17, 15) is 4.79 Å². The second kappa shape index (κ2) is 11.7. The summed E-state index contributed by atoms with van der Waals surface area (Å²) in [6, 6.07) is 20.6. The van der Waals surface area contributed by atoms with Gasteiger partial charge in [-0.25, -0.2) is 0 Å². The van der Waals surface area contributed by atoms with Crippen molar-refractivity contribution >= 4 is 5.91 Å². The summed E-state index contributed by atoms with van der Waals surface area (Å²) in [5, 5.41) is 3.14. The number of amides is 1. The summed E-state index contributed by atoms with van der Waals surface area (Å²) < 4.78 is 11.5. The number of hydrogen-bond acceptors (Lipinski definition) is 3. The number of nitrogens with one attached hydrogen (secondary N) is 1.